The summed E-state index contributed by atoms with van der Waals surface area (Å²) in [6.45, 7) is 3.78. The third-order valence-electron chi connectivity index (χ3n) is 4.72. The summed E-state index contributed by atoms with van der Waals surface area (Å²) in [5, 5.41) is 8.60. The summed E-state index contributed by atoms with van der Waals surface area (Å²) in [5.74, 6) is -0.237. The summed E-state index contributed by atoms with van der Waals surface area (Å²) >= 11 is 6.18. The summed E-state index contributed by atoms with van der Waals surface area (Å²) in [5.41, 5.74) is 5.05. The lowest BCUT2D eigenvalue weighted by Crippen LogP contribution is -2.14. The van der Waals surface area contributed by atoms with Crippen LogP contribution in [-0.4, -0.2) is 25.7 Å². The van der Waals surface area contributed by atoms with Crippen molar-refractivity contribution in [2.75, 3.05) is 5.32 Å². The van der Waals surface area contributed by atoms with Gasteiger partial charge in [-0.3, -0.25) is 14.5 Å². The Labute approximate surface area is 167 Å². The number of anilines is 1. The van der Waals surface area contributed by atoms with E-state index in [-0.39, 0.29) is 5.91 Å². The fourth-order valence-corrected chi connectivity index (χ4v) is 3.36. The zero-order chi connectivity index (χ0) is 19.8. The molecule has 7 heteroatoms. The third-order valence-corrected chi connectivity index (χ3v) is 4.96. The zero-order valence-electron chi connectivity index (χ0n) is 15.7. The van der Waals surface area contributed by atoms with Gasteiger partial charge in [-0.15, -0.1) is 0 Å². The van der Waals surface area contributed by atoms with E-state index < -0.39 is 0 Å². The first-order chi connectivity index (χ1) is 13.4. The molecule has 6 nitrogen and oxygen atoms in total. The fraction of sp³-hybridized carbons (Fsp3) is 0.143. The van der Waals surface area contributed by atoms with Crippen molar-refractivity contribution in [2.24, 2.45) is 7.05 Å². The van der Waals surface area contributed by atoms with E-state index in [4.69, 9.17) is 11.6 Å². The first-order valence-corrected chi connectivity index (χ1v) is 9.14. The van der Waals surface area contributed by atoms with Gasteiger partial charge in [-0.2, -0.15) is 5.10 Å². The van der Waals surface area contributed by atoms with Gasteiger partial charge in [-0.1, -0.05) is 11.6 Å². The van der Waals surface area contributed by atoms with E-state index in [0.717, 1.165) is 17.0 Å². The molecule has 0 aliphatic rings. The van der Waals surface area contributed by atoms with Crippen LogP contribution < -0.4 is 5.32 Å². The van der Waals surface area contributed by atoms with Crippen molar-refractivity contribution in [1.82, 2.24) is 19.7 Å². The maximum atomic E-state index is 13.2. The van der Waals surface area contributed by atoms with Gasteiger partial charge in [0.25, 0.3) is 5.91 Å². The van der Waals surface area contributed by atoms with E-state index in [1.54, 1.807) is 35.3 Å². The first-order valence-electron chi connectivity index (χ1n) is 8.76. The summed E-state index contributed by atoms with van der Waals surface area (Å²) in [4.78, 5) is 22.0. The quantitative estimate of drug-likeness (QED) is 0.556. The molecule has 0 radical (unpaired) electrons. The van der Waals surface area contributed by atoms with Crippen LogP contribution in [0.3, 0.4) is 0 Å². The van der Waals surface area contributed by atoms with Crippen molar-refractivity contribution < 1.29 is 4.79 Å². The van der Waals surface area contributed by atoms with Crippen molar-refractivity contribution in [3.8, 4) is 11.3 Å². The molecule has 0 atom stereocenters. The lowest BCUT2D eigenvalue weighted by molar-refractivity contribution is 0.102. The van der Waals surface area contributed by atoms with E-state index in [1.807, 2.05) is 39.1 Å². The zero-order valence-corrected chi connectivity index (χ0v) is 16.4. The minimum atomic E-state index is -0.237. The third kappa shape index (κ3) is 3.23. The molecule has 1 aromatic carbocycles. The van der Waals surface area contributed by atoms with Gasteiger partial charge >= 0.3 is 0 Å². The number of amides is 1. The van der Waals surface area contributed by atoms with Crippen LogP contribution in [0.25, 0.3) is 22.2 Å². The summed E-state index contributed by atoms with van der Waals surface area (Å²) < 4.78 is 1.74. The average Bonchev–Trinajstić information content (AvgIpc) is 2.93. The fourth-order valence-electron chi connectivity index (χ4n) is 3.18. The predicted octanol–water partition coefficient (Wildman–Crippen LogP) is 4.55. The largest absolute Gasteiger partial charge is 0.319 e. The monoisotopic (exact) mass is 391 g/mol. The van der Waals surface area contributed by atoms with Crippen molar-refractivity contribution in [3.63, 3.8) is 0 Å². The molecule has 0 unspecified atom stereocenters. The highest BCUT2D eigenvalue weighted by Gasteiger charge is 2.18. The van der Waals surface area contributed by atoms with E-state index in [0.29, 0.717) is 32.9 Å². The molecule has 4 rings (SSSR count). The smallest absolute Gasteiger partial charge is 0.256 e. The van der Waals surface area contributed by atoms with Gasteiger partial charge in [-0.25, -0.2) is 4.98 Å². The standard InChI is InChI=1S/C21H18ClN5O/c1-12-20(13(2)27(3)26-12)25-21(28)17-10-19(14-5-4-8-23-11-14)24-18-7-6-15(22)9-16(17)18/h4-11H,1-3H3,(H,25,28). The molecular formula is C21H18ClN5O. The molecular weight excluding hydrogens is 374 g/mol. The van der Waals surface area contributed by atoms with E-state index >= 15 is 0 Å². The van der Waals surface area contributed by atoms with Crippen LogP contribution in [0.5, 0.6) is 0 Å². The lowest BCUT2D eigenvalue weighted by atomic mass is 10.0. The number of carbonyl (C=O) groups excluding carboxylic acids is 1. The molecule has 0 aliphatic carbocycles. The Kier molecular flexibility index (Phi) is 4.57. The van der Waals surface area contributed by atoms with E-state index in [9.17, 15) is 4.79 Å². The molecule has 1 N–H and O–H groups in total. The number of hydrogen-bond donors (Lipinski definition) is 1. The van der Waals surface area contributed by atoms with Gasteiger partial charge in [0.2, 0.25) is 0 Å². The van der Waals surface area contributed by atoms with Gasteiger partial charge in [0.15, 0.2) is 0 Å². The summed E-state index contributed by atoms with van der Waals surface area (Å²) in [6, 6.07) is 10.9. The molecule has 3 aromatic heterocycles. The van der Waals surface area contributed by atoms with Crippen LogP contribution in [0, 0.1) is 13.8 Å². The lowest BCUT2D eigenvalue weighted by Gasteiger charge is -2.11. The Hall–Kier alpha value is -3.25. The van der Waals surface area contributed by atoms with E-state index in [2.05, 4.69) is 20.4 Å². The number of hydrogen-bond acceptors (Lipinski definition) is 4. The Bertz CT molecular complexity index is 1200. The number of benzene rings is 1. The SMILES string of the molecule is Cc1nn(C)c(C)c1NC(=O)c1cc(-c2cccnc2)nc2ccc(Cl)cc12. The van der Waals surface area contributed by atoms with Crippen LogP contribution in [0.1, 0.15) is 21.7 Å². The predicted molar refractivity (Wildman–Crippen MR) is 111 cm³/mol. The molecule has 0 saturated carbocycles. The second-order valence-electron chi connectivity index (χ2n) is 6.58. The highest BCUT2D eigenvalue weighted by molar-refractivity contribution is 6.31. The number of fused-ring (bicyclic) bond motifs is 1. The van der Waals surface area contributed by atoms with Crippen LogP contribution in [0.4, 0.5) is 5.69 Å². The van der Waals surface area contributed by atoms with Crippen molar-refractivity contribution in [2.45, 2.75) is 13.8 Å². The highest BCUT2D eigenvalue weighted by Crippen LogP contribution is 2.28. The summed E-state index contributed by atoms with van der Waals surface area (Å²) in [6.07, 6.45) is 3.42. The number of nitrogens with zero attached hydrogens (tertiary/aromatic N) is 4. The molecule has 1 amide bonds. The van der Waals surface area contributed by atoms with Gasteiger partial charge in [0.05, 0.1) is 33.8 Å². The number of rotatable bonds is 3. The number of carbonyl (C=O) groups is 1. The van der Waals surface area contributed by atoms with Crippen molar-refractivity contribution >= 4 is 34.1 Å². The van der Waals surface area contributed by atoms with Crippen molar-refractivity contribution in [3.05, 3.63) is 70.8 Å². The Morgan fingerprint density at radius 2 is 2.00 bits per heavy atom. The van der Waals surface area contributed by atoms with Crippen LogP contribution in [0.15, 0.2) is 48.8 Å². The molecule has 140 valence electrons. The molecule has 0 bridgehead atoms. The first kappa shape index (κ1) is 18.1. The molecule has 0 spiro atoms. The molecule has 0 fully saturated rings. The van der Waals surface area contributed by atoms with Crippen LogP contribution >= 0.6 is 11.6 Å². The normalized spacial score (nSPS) is 11.0. The van der Waals surface area contributed by atoms with Crippen LogP contribution in [0.2, 0.25) is 5.02 Å². The second kappa shape index (κ2) is 7.05. The minimum absolute atomic E-state index is 0.237. The molecule has 0 saturated heterocycles. The molecule has 3 heterocycles. The number of aromatic nitrogens is 4. The maximum Gasteiger partial charge on any atom is 0.256 e. The highest BCUT2D eigenvalue weighted by atomic mass is 35.5. The van der Waals surface area contributed by atoms with E-state index in [1.165, 1.54) is 0 Å². The minimum Gasteiger partial charge on any atom is -0.319 e. The van der Waals surface area contributed by atoms with Crippen LogP contribution in [-0.2, 0) is 7.05 Å². The molecule has 0 aliphatic heterocycles. The Balaban J connectivity index is 1.86. The van der Waals surface area contributed by atoms with Gasteiger partial charge in [0, 0.05) is 35.4 Å². The second-order valence-corrected chi connectivity index (χ2v) is 7.02. The van der Waals surface area contributed by atoms with Gasteiger partial charge < -0.3 is 5.32 Å². The number of pyridine rings is 2. The molecule has 28 heavy (non-hydrogen) atoms. The molecule has 4 aromatic rings. The van der Waals surface area contributed by atoms with Gasteiger partial charge in [-0.05, 0) is 50.2 Å². The summed E-state index contributed by atoms with van der Waals surface area (Å²) in [7, 11) is 1.85. The Morgan fingerprint density at radius 3 is 2.68 bits per heavy atom. The number of aryl methyl sites for hydroxylation is 2. The van der Waals surface area contributed by atoms with Gasteiger partial charge in [0.1, 0.15) is 0 Å². The number of halogens is 1. The Morgan fingerprint density at radius 1 is 1.18 bits per heavy atom. The number of nitrogens with one attached hydrogen (secondary N) is 1. The maximum absolute atomic E-state index is 13.2. The topological polar surface area (TPSA) is 72.7 Å². The average molecular weight is 392 g/mol. The van der Waals surface area contributed by atoms with Crippen molar-refractivity contribution in [1.29, 1.82) is 0 Å².